The van der Waals surface area contributed by atoms with Crippen molar-refractivity contribution in [2.75, 3.05) is 26.7 Å². The molecule has 1 aromatic heterocycles. The Hall–Kier alpha value is -2.25. The standard InChI is InChI=1S/C27H37FN2O4/c1-34-20-7-8-23-21(17-20)25(22(28)18-29-23)24(31)9-11-27(26(32)33)12-15-30(16-13-27)14-10-19-5-3-2-4-6-19/h7-8,17-19,24,31H,2-6,9-16H2,1H3,(H,32,33)/t24-/m0/s1. The van der Waals surface area contributed by atoms with Crippen LogP contribution in [-0.2, 0) is 4.79 Å². The molecule has 2 aliphatic rings. The fourth-order valence-electron chi connectivity index (χ4n) is 5.81. The highest BCUT2D eigenvalue weighted by Crippen LogP contribution is 2.40. The minimum atomic E-state index is -1.11. The van der Waals surface area contributed by atoms with Crippen molar-refractivity contribution in [1.82, 2.24) is 9.88 Å². The largest absolute Gasteiger partial charge is 0.497 e. The van der Waals surface area contributed by atoms with Crippen LogP contribution in [0.3, 0.4) is 0 Å². The summed E-state index contributed by atoms with van der Waals surface area (Å²) in [6.07, 6.45) is 9.54. The molecule has 0 spiro atoms. The number of carboxylic acid groups (broad SMARTS) is 1. The second-order valence-electron chi connectivity index (χ2n) is 10.2. The number of rotatable bonds is 9. The van der Waals surface area contributed by atoms with E-state index in [1.54, 1.807) is 18.2 Å². The Kier molecular flexibility index (Phi) is 8.04. The number of carboxylic acids is 1. The number of aliphatic hydroxyl groups is 1. The highest BCUT2D eigenvalue weighted by atomic mass is 19.1. The lowest BCUT2D eigenvalue weighted by Gasteiger charge is -2.40. The second kappa shape index (κ2) is 11.0. The summed E-state index contributed by atoms with van der Waals surface area (Å²) in [5, 5.41) is 21.5. The van der Waals surface area contributed by atoms with Crippen LogP contribution in [0.4, 0.5) is 4.39 Å². The summed E-state index contributed by atoms with van der Waals surface area (Å²) in [7, 11) is 1.53. The van der Waals surface area contributed by atoms with Gasteiger partial charge >= 0.3 is 5.97 Å². The number of benzene rings is 1. The molecular weight excluding hydrogens is 435 g/mol. The fourth-order valence-corrected chi connectivity index (χ4v) is 5.81. The third-order valence-corrected chi connectivity index (χ3v) is 8.14. The fraction of sp³-hybridized carbons (Fsp3) is 0.630. The first-order valence-electron chi connectivity index (χ1n) is 12.7. The van der Waals surface area contributed by atoms with E-state index in [0.717, 1.165) is 31.7 Å². The van der Waals surface area contributed by atoms with Gasteiger partial charge in [0.2, 0.25) is 0 Å². The molecule has 1 atom stereocenters. The molecule has 1 saturated carbocycles. The third kappa shape index (κ3) is 5.52. The molecule has 1 aliphatic carbocycles. The Balaban J connectivity index is 1.39. The molecule has 34 heavy (non-hydrogen) atoms. The van der Waals surface area contributed by atoms with Crippen LogP contribution in [0, 0.1) is 17.2 Å². The van der Waals surface area contributed by atoms with Crippen molar-refractivity contribution in [3.05, 3.63) is 35.8 Å². The number of likely N-dealkylation sites (tertiary alicyclic amines) is 1. The van der Waals surface area contributed by atoms with Gasteiger partial charge in [0.1, 0.15) is 11.6 Å². The summed E-state index contributed by atoms with van der Waals surface area (Å²) in [6, 6.07) is 5.14. The van der Waals surface area contributed by atoms with Gasteiger partial charge in [-0.3, -0.25) is 9.78 Å². The Morgan fingerprint density at radius 1 is 1.26 bits per heavy atom. The molecule has 0 radical (unpaired) electrons. The van der Waals surface area contributed by atoms with Gasteiger partial charge in [0.05, 0.1) is 30.3 Å². The van der Waals surface area contributed by atoms with Crippen LogP contribution in [0.1, 0.15) is 75.9 Å². The zero-order valence-corrected chi connectivity index (χ0v) is 20.1. The molecule has 2 N–H and O–H groups in total. The molecule has 0 unspecified atom stereocenters. The minimum Gasteiger partial charge on any atom is -0.497 e. The lowest BCUT2D eigenvalue weighted by atomic mass is 9.74. The van der Waals surface area contributed by atoms with E-state index in [1.165, 1.54) is 45.6 Å². The predicted octanol–water partition coefficient (Wildman–Crippen LogP) is 5.33. The average molecular weight is 473 g/mol. The molecule has 4 rings (SSSR count). The van der Waals surface area contributed by atoms with Crippen LogP contribution in [-0.4, -0.2) is 52.8 Å². The van der Waals surface area contributed by atoms with Gasteiger partial charge in [0, 0.05) is 10.9 Å². The van der Waals surface area contributed by atoms with Gasteiger partial charge in [0.15, 0.2) is 0 Å². The topological polar surface area (TPSA) is 82.9 Å². The Bertz CT molecular complexity index is 984. The number of hydrogen-bond acceptors (Lipinski definition) is 5. The minimum absolute atomic E-state index is 0.161. The molecule has 186 valence electrons. The second-order valence-corrected chi connectivity index (χ2v) is 10.2. The number of aromatic nitrogens is 1. The lowest BCUT2D eigenvalue weighted by molar-refractivity contribution is -0.153. The van der Waals surface area contributed by atoms with E-state index in [1.807, 2.05) is 0 Å². The Labute approximate surface area is 201 Å². The molecule has 2 fully saturated rings. The first-order chi connectivity index (χ1) is 16.4. The van der Waals surface area contributed by atoms with E-state index >= 15 is 0 Å². The zero-order valence-electron chi connectivity index (χ0n) is 20.1. The first-order valence-corrected chi connectivity index (χ1v) is 12.7. The van der Waals surface area contributed by atoms with Crippen LogP contribution in [0.15, 0.2) is 24.4 Å². The van der Waals surface area contributed by atoms with E-state index in [2.05, 4.69) is 9.88 Å². The van der Waals surface area contributed by atoms with E-state index in [4.69, 9.17) is 4.74 Å². The molecular formula is C27H37FN2O4. The van der Waals surface area contributed by atoms with E-state index in [9.17, 15) is 19.4 Å². The molecule has 0 bridgehead atoms. The predicted molar refractivity (Wildman–Crippen MR) is 129 cm³/mol. The maximum Gasteiger partial charge on any atom is 0.309 e. The summed E-state index contributed by atoms with van der Waals surface area (Å²) in [4.78, 5) is 18.8. The van der Waals surface area contributed by atoms with Gasteiger partial charge in [-0.15, -0.1) is 0 Å². The summed E-state index contributed by atoms with van der Waals surface area (Å²) >= 11 is 0. The molecule has 7 heteroatoms. The summed E-state index contributed by atoms with van der Waals surface area (Å²) in [5.41, 5.74) is -0.149. The van der Waals surface area contributed by atoms with E-state index in [-0.39, 0.29) is 12.0 Å². The lowest BCUT2D eigenvalue weighted by Crippen LogP contribution is -2.45. The van der Waals surface area contributed by atoms with Crippen molar-refractivity contribution < 1.29 is 24.1 Å². The number of methoxy groups -OCH3 is 1. The van der Waals surface area contributed by atoms with Crippen LogP contribution < -0.4 is 4.74 Å². The number of nitrogens with zero attached hydrogens (tertiary/aromatic N) is 2. The number of ether oxygens (including phenoxy) is 1. The van der Waals surface area contributed by atoms with Gasteiger partial charge in [-0.05, 0) is 75.9 Å². The maximum absolute atomic E-state index is 14.7. The van der Waals surface area contributed by atoms with Gasteiger partial charge in [-0.2, -0.15) is 0 Å². The van der Waals surface area contributed by atoms with Crippen molar-refractivity contribution >= 4 is 16.9 Å². The van der Waals surface area contributed by atoms with Crippen LogP contribution >= 0.6 is 0 Å². The third-order valence-electron chi connectivity index (χ3n) is 8.14. The van der Waals surface area contributed by atoms with Gasteiger partial charge in [-0.25, -0.2) is 4.39 Å². The Morgan fingerprint density at radius 3 is 2.68 bits per heavy atom. The molecule has 6 nitrogen and oxygen atoms in total. The molecule has 1 saturated heterocycles. The summed E-state index contributed by atoms with van der Waals surface area (Å²) in [6.45, 7) is 2.57. The molecule has 0 amide bonds. The van der Waals surface area contributed by atoms with Crippen molar-refractivity contribution in [3.63, 3.8) is 0 Å². The van der Waals surface area contributed by atoms with Crippen LogP contribution in [0.2, 0.25) is 0 Å². The smallest absolute Gasteiger partial charge is 0.309 e. The normalized spacial score (nSPS) is 20.3. The summed E-state index contributed by atoms with van der Waals surface area (Å²) < 4.78 is 20.0. The number of aliphatic carboxylic acids is 1. The van der Waals surface area contributed by atoms with Gasteiger partial charge in [0.25, 0.3) is 0 Å². The van der Waals surface area contributed by atoms with Gasteiger partial charge in [-0.1, -0.05) is 32.1 Å². The van der Waals surface area contributed by atoms with Crippen LogP contribution in [0.5, 0.6) is 5.75 Å². The number of hydrogen-bond donors (Lipinski definition) is 2. The van der Waals surface area contributed by atoms with Crippen LogP contribution in [0.25, 0.3) is 10.9 Å². The number of fused-ring (bicyclic) bond motifs is 1. The quantitative estimate of drug-likeness (QED) is 0.513. The van der Waals surface area contributed by atoms with Crippen molar-refractivity contribution in [3.8, 4) is 5.75 Å². The van der Waals surface area contributed by atoms with Crippen molar-refractivity contribution in [2.24, 2.45) is 11.3 Å². The van der Waals surface area contributed by atoms with Crippen molar-refractivity contribution in [2.45, 2.75) is 70.3 Å². The van der Waals surface area contributed by atoms with E-state index < -0.39 is 23.3 Å². The number of halogens is 1. The average Bonchev–Trinajstić information content (AvgIpc) is 2.86. The van der Waals surface area contributed by atoms with E-state index in [0.29, 0.717) is 35.9 Å². The highest BCUT2D eigenvalue weighted by Gasteiger charge is 2.41. The number of carbonyl (C=O) groups is 1. The maximum atomic E-state index is 14.7. The zero-order chi connectivity index (χ0) is 24.1. The highest BCUT2D eigenvalue weighted by molar-refractivity contribution is 5.84. The monoisotopic (exact) mass is 472 g/mol. The SMILES string of the molecule is COc1ccc2ncc(F)c([C@@H](O)CCC3(C(=O)O)CCN(CCC4CCCCC4)CC3)c2c1. The summed E-state index contributed by atoms with van der Waals surface area (Å²) in [5.74, 6) is -0.0294. The molecule has 2 aromatic rings. The molecule has 2 heterocycles. The number of aliphatic hydroxyl groups excluding tert-OH is 1. The van der Waals surface area contributed by atoms with Gasteiger partial charge < -0.3 is 19.8 Å². The molecule has 1 aliphatic heterocycles. The first kappa shape index (κ1) is 24.9. The Morgan fingerprint density at radius 2 is 2.00 bits per heavy atom. The number of piperidine rings is 1. The molecule has 1 aromatic carbocycles. The number of pyridine rings is 1. The van der Waals surface area contributed by atoms with Crippen molar-refractivity contribution in [1.29, 1.82) is 0 Å².